The van der Waals surface area contributed by atoms with Crippen LogP contribution in [-0.4, -0.2) is 0 Å². The number of alkyl halides is 1. The van der Waals surface area contributed by atoms with Gasteiger partial charge in [-0.2, -0.15) is 0 Å². The second kappa shape index (κ2) is 5.43. The number of halogens is 3. The van der Waals surface area contributed by atoms with Gasteiger partial charge in [-0.3, -0.25) is 0 Å². The van der Waals surface area contributed by atoms with E-state index in [2.05, 4.69) is 35.0 Å². The molecule has 0 radical (unpaired) electrons. The average Bonchev–Trinajstić information content (AvgIpc) is 2.28. The number of benzene rings is 2. The highest BCUT2D eigenvalue weighted by molar-refractivity contribution is 9.10. The van der Waals surface area contributed by atoms with Crippen LogP contribution in [0.4, 0.5) is 0 Å². The van der Waals surface area contributed by atoms with Gasteiger partial charge >= 0.3 is 0 Å². The summed E-state index contributed by atoms with van der Waals surface area (Å²) in [6.07, 6.45) is 0. The number of aryl methyl sites for hydroxylation is 1. The number of rotatable bonds is 2. The molecule has 1 unspecified atom stereocenters. The Kier molecular flexibility index (Phi) is 4.13. The molecule has 0 nitrogen and oxygen atoms in total. The molecule has 0 saturated heterocycles. The minimum atomic E-state index is -0.150. The molecule has 0 aliphatic carbocycles. The predicted octanol–water partition coefficient (Wildman–Crippen LogP) is 5.74. The Balaban J connectivity index is 2.36. The summed E-state index contributed by atoms with van der Waals surface area (Å²) in [6.45, 7) is 2.06. The van der Waals surface area contributed by atoms with Gasteiger partial charge in [0.25, 0.3) is 0 Å². The van der Waals surface area contributed by atoms with Gasteiger partial charge in [0.2, 0.25) is 0 Å². The van der Waals surface area contributed by atoms with Crippen molar-refractivity contribution in [3.8, 4) is 0 Å². The zero-order valence-corrected chi connectivity index (χ0v) is 12.4. The van der Waals surface area contributed by atoms with E-state index in [-0.39, 0.29) is 5.38 Å². The van der Waals surface area contributed by atoms with Crippen LogP contribution in [0.2, 0.25) is 5.02 Å². The fraction of sp³-hybridized carbons (Fsp3) is 0.143. The SMILES string of the molecule is Cc1cc(Br)cc(C(Cl)c2ccc(Cl)cc2)c1. The molecule has 0 amide bonds. The van der Waals surface area contributed by atoms with Crippen molar-refractivity contribution in [3.05, 3.63) is 68.7 Å². The van der Waals surface area contributed by atoms with Crippen molar-refractivity contribution in [2.24, 2.45) is 0 Å². The Morgan fingerprint density at radius 3 is 2.24 bits per heavy atom. The van der Waals surface area contributed by atoms with Crippen molar-refractivity contribution >= 4 is 39.1 Å². The summed E-state index contributed by atoms with van der Waals surface area (Å²) in [5.74, 6) is 0. The van der Waals surface area contributed by atoms with E-state index in [0.717, 1.165) is 20.6 Å². The van der Waals surface area contributed by atoms with E-state index in [0.29, 0.717) is 0 Å². The van der Waals surface area contributed by atoms with E-state index in [1.807, 2.05) is 30.3 Å². The quantitative estimate of drug-likeness (QED) is 0.616. The zero-order chi connectivity index (χ0) is 12.4. The maximum atomic E-state index is 6.46. The Bertz CT molecular complexity index is 500. The van der Waals surface area contributed by atoms with Crippen LogP contribution < -0.4 is 0 Å². The molecule has 0 bridgehead atoms. The van der Waals surface area contributed by atoms with Gasteiger partial charge in [-0.15, -0.1) is 11.6 Å². The van der Waals surface area contributed by atoms with E-state index in [9.17, 15) is 0 Å². The highest BCUT2D eigenvalue weighted by Gasteiger charge is 2.11. The van der Waals surface area contributed by atoms with Gasteiger partial charge in [-0.05, 0) is 47.9 Å². The maximum Gasteiger partial charge on any atom is 0.0835 e. The van der Waals surface area contributed by atoms with Crippen LogP contribution in [0.15, 0.2) is 46.9 Å². The third-order valence-electron chi connectivity index (χ3n) is 2.52. The smallest absolute Gasteiger partial charge is 0.0835 e. The maximum absolute atomic E-state index is 6.46. The molecule has 3 heteroatoms. The van der Waals surface area contributed by atoms with Crippen molar-refractivity contribution in [1.82, 2.24) is 0 Å². The van der Waals surface area contributed by atoms with Crippen LogP contribution in [-0.2, 0) is 0 Å². The minimum absolute atomic E-state index is 0.150. The molecule has 0 aliphatic heterocycles. The summed E-state index contributed by atoms with van der Waals surface area (Å²) < 4.78 is 1.05. The molecule has 0 saturated carbocycles. The van der Waals surface area contributed by atoms with Crippen LogP contribution >= 0.6 is 39.1 Å². The molecule has 0 N–H and O–H groups in total. The van der Waals surface area contributed by atoms with Gasteiger partial charge < -0.3 is 0 Å². The largest absolute Gasteiger partial charge is 0.113 e. The summed E-state index contributed by atoms with van der Waals surface area (Å²) in [5.41, 5.74) is 3.32. The minimum Gasteiger partial charge on any atom is -0.113 e. The summed E-state index contributed by atoms with van der Waals surface area (Å²) >= 11 is 15.8. The van der Waals surface area contributed by atoms with Crippen LogP contribution in [0.3, 0.4) is 0 Å². The van der Waals surface area contributed by atoms with Crippen molar-refractivity contribution in [1.29, 1.82) is 0 Å². The number of hydrogen-bond acceptors (Lipinski definition) is 0. The molecule has 0 aromatic heterocycles. The third-order valence-corrected chi connectivity index (χ3v) is 3.73. The average molecular weight is 330 g/mol. The molecule has 0 aliphatic rings. The van der Waals surface area contributed by atoms with Crippen LogP contribution in [0.1, 0.15) is 22.1 Å². The Morgan fingerprint density at radius 1 is 1.00 bits per heavy atom. The Morgan fingerprint density at radius 2 is 1.65 bits per heavy atom. The topological polar surface area (TPSA) is 0 Å². The molecule has 0 spiro atoms. The summed E-state index contributed by atoms with van der Waals surface area (Å²) in [7, 11) is 0. The molecular formula is C14H11BrCl2. The molecule has 2 rings (SSSR count). The first kappa shape index (κ1) is 12.9. The van der Waals surface area contributed by atoms with Gasteiger partial charge in [0.05, 0.1) is 5.38 Å². The van der Waals surface area contributed by atoms with Gasteiger partial charge in [-0.25, -0.2) is 0 Å². The molecular weight excluding hydrogens is 319 g/mol. The monoisotopic (exact) mass is 328 g/mol. The zero-order valence-electron chi connectivity index (χ0n) is 9.25. The molecule has 17 heavy (non-hydrogen) atoms. The van der Waals surface area contributed by atoms with E-state index < -0.39 is 0 Å². The lowest BCUT2D eigenvalue weighted by molar-refractivity contribution is 1.13. The van der Waals surface area contributed by atoms with Crippen LogP contribution in [0.25, 0.3) is 0 Å². The molecule has 88 valence electrons. The molecule has 2 aromatic rings. The van der Waals surface area contributed by atoms with E-state index in [1.165, 1.54) is 5.56 Å². The van der Waals surface area contributed by atoms with E-state index in [4.69, 9.17) is 23.2 Å². The second-order valence-corrected chi connectivity index (χ2v) is 5.76. The predicted molar refractivity (Wildman–Crippen MR) is 78.0 cm³/mol. The van der Waals surface area contributed by atoms with Crippen LogP contribution in [0.5, 0.6) is 0 Å². The van der Waals surface area contributed by atoms with E-state index in [1.54, 1.807) is 0 Å². The highest BCUT2D eigenvalue weighted by Crippen LogP contribution is 2.31. The van der Waals surface area contributed by atoms with Crippen molar-refractivity contribution < 1.29 is 0 Å². The van der Waals surface area contributed by atoms with Crippen molar-refractivity contribution in [2.45, 2.75) is 12.3 Å². The second-order valence-electron chi connectivity index (χ2n) is 3.98. The van der Waals surface area contributed by atoms with E-state index >= 15 is 0 Å². The number of hydrogen-bond donors (Lipinski definition) is 0. The van der Waals surface area contributed by atoms with Gasteiger partial charge in [0, 0.05) is 9.50 Å². The summed E-state index contributed by atoms with van der Waals surface area (Å²) in [5, 5.41) is 0.575. The van der Waals surface area contributed by atoms with Gasteiger partial charge in [0.1, 0.15) is 0 Å². The first-order valence-corrected chi connectivity index (χ1v) is 6.83. The third kappa shape index (κ3) is 3.25. The normalized spacial score (nSPS) is 12.5. The lowest BCUT2D eigenvalue weighted by Crippen LogP contribution is -1.93. The molecule has 2 aromatic carbocycles. The van der Waals surface area contributed by atoms with Gasteiger partial charge in [-0.1, -0.05) is 45.7 Å². The fourth-order valence-electron chi connectivity index (χ4n) is 1.74. The molecule has 0 heterocycles. The lowest BCUT2D eigenvalue weighted by atomic mass is 10.0. The standard InChI is InChI=1S/C14H11BrCl2/c1-9-6-11(8-12(15)7-9)14(17)10-2-4-13(16)5-3-10/h2-8,14H,1H3. The first-order chi connectivity index (χ1) is 8.06. The molecule has 1 atom stereocenters. The van der Waals surface area contributed by atoms with Crippen molar-refractivity contribution in [3.63, 3.8) is 0 Å². The summed E-state index contributed by atoms with van der Waals surface area (Å²) in [4.78, 5) is 0. The van der Waals surface area contributed by atoms with Gasteiger partial charge in [0.15, 0.2) is 0 Å². The first-order valence-electron chi connectivity index (χ1n) is 5.23. The Hall–Kier alpha value is -0.500. The summed E-state index contributed by atoms with van der Waals surface area (Å²) in [6, 6.07) is 13.8. The van der Waals surface area contributed by atoms with Crippen molar-refractivity contribution in [2.75, 3.05) is 0 Å². The fourth-order valence-corrected chi connectivity index (χ4v) is 2.76. The molecule has 0 fully saturated rings. The van der Waals surface area contributed by atoms with Crippen LogP contribution in [0, 0.1) is 6.92 Å². The lowest BCUT2D eigenvalue weighted by Gasteiger charge is -2.12. The highest BCUT2D eigenvalue weighted by atomic mass is 79.9. The Labute approximate surface area is 120 Å².